The molecular weight excluding hydrogens is 274 g/mol. The van der Waals surface area contributed by atoms with Gasteiger partial charge in [-0.3, -0.25) is 4.79 Å². The monoisotopic (exact) mass is 285 g/mol. The van der Waals surface area contributed by atoms with Gasteiger partial charge in [-0.25, -0.2) is 0 Å². The van der Waals surface area contributed by atoms with E-state index in [0.717, 1.165) is 10.0 Å². The Balaban J connectivity index is 2.77. The highest BCUT2D eigenvalue weighted by molar-refractivity contribution is 9.10. The largest absolute Gasteiger partial charge is 0.409 e. The maximum Gasteiger partial charge on any atom is 0.251 e. The zero-order valence-corrected chi connectivity index (χ0v) is 10.3. The summed E-state index contributed by atoms with van der Waals surface area (Å²) in [4.78, 5) is 11.7. The molecule has 1 aromatic rings. The summed E-state index contributed by atoms with van der Waals surface area (Å²) >= 11 is 3.29. The summed E-state index contributed by atoms with van der Waals surface area (Å²) in [5.74, 6) is -0.300. The second kappa shape index (κ2) is 5.50. The summed E-state index contributed by atoms with van der Waals surface area (Å²) < 4.78 is 0.826. The molecule has 0 atom stereocenters. The number of aryl methyl sites for hydroxylation is 1. The number of hydrogen-bond acceptors (Lipinski definition) is 3. The molecule has 0 radical (unpaired) electrons. The predicted molar refractivity (Wildman–Crippen MR) is 64.6 cm³/mol. The van der Waals surface area contributed by atoms with Gasteiger partial charge in [0, 0.05) is 10.0 Å². The van der Waals surface area contributed by atoms with Crippen LogP contribution in [0.5, 0.6) is 0 Å². The Labute approximate surface area is 101 Å². The van der Waals surface area contributed by atoms with E-state index in [1.165, 1.54) is 0 Å². The van der Waals surface area contributed by atoms with Gasteiger partial charge in [-0.15, -0.1) is 0 Å². The number of amides is 1. The van der Waals surface area contributed by atoms with Crippen LogP contribution in [0, 0.1) is 6.92 Å². The third-order valence-electron chi connectivity index (χ3n) is 2.00. The molecule has 0 aliphatic carbocycles. The highest BCUT2D eigenvalue weighted by Gasteiger charge is 2.09. The number of amidine groups is 1. The van der Waals surface area contributed by atoms with E-state index in [1.807, 2.05) is 19.1 Å². The number of nitrogens with zero attached hydrogens (tertiary/aromatic N) is 1. The fourth-order valence-corrected chi connectivity index (χ4v) is 1.50. The molecule has 1 aromatic carbocycles. The zero-order chi connectivity index (χ0) is 12.1. The summed E-state index contributed by atoms with van der Waals surface area (Å²) in [6.45, 7) is 1.85. The van der Waals surface area contributed by atoms with Crippen molar-refractivity contribution in [3.63, 3.8) is 0 Å². The molecule has 16 heavy (non-hydrogen) atoms. The minimum atomic E-state index is -0.259. The van der Waals surface area contributed by atoms with Crippen LogP contribution >= 0.6 is 15.9 Å². The number of benzene rings is 1. The molecule has 0 aliphatic heterocycles. The van der Waals surface area contributed by atoms with E-state index >= 15 is 0 Å². The number of carbonyl (C=O) groups excluding carboxylic acids is 1. The topological polar surface area (TPSA) is 87.7 Å². The number of halogens is 1. The Hall–Kier alpha value is -1.56. The predicted octanol–water partition coefficient (Wildman–Crippen LogP) is 1.23. The van der Waals surface area contributed by atoms with Crippen molar-refractivity contribution in [2.75, 3.05) is 6.54 Å². The molecule has 0 aliphatic rings. The van der Waals surface area contributed by atoms with Crippen molar-refractivity contribution in [1.29, 1.82) is 0 Å². The minimum absolute atomic E-state index is 0.0152. The van der Waals surface area contributed by atoms with Gasteiger partial charge in [-0.2, -0.15) is 0 Å². The SMILES string of the molecule is Cc1ccc(Br)cc1C(=O)NCC(N)=NO. The smallest absolute Gasteiger partial charge is 0.251 e. The molecule has 0 unspecified atom stereocenters. The summed E-state index contributed by atoms with van der Waals surface area (Å²) in [6, 6.07) is 5.41. The van der Waals surface area contributed by atoms with E-state index in [2.05, 4.69) is 26.4 Å². The van der Waals surface area contributed by atoms with Crippen LogP contribution in [-0.2, 0) is 0 Å². The molecule has 0 fully saturated rings. The second-order valence-corrected chi connectivity index (χ2v) is 4.15. The van der Waals surface area contributed by atoms with Gasteiger partial charge in [0.2, 0.25) is 0 Å². The summed E-state index contributed by atoms with van der Waals surface area (Å²) in [5, 5.41) is 13.6. The molecule has 0 spiro atoms. The van der Waals surface area contributed by atoms with Crippen molar-refractivity contribution in [1.82, 2.24) is 5.32 Å². The van der Waals surface area contributed by atoms with Gasteiger partial charge in [-0.05, 0) is 24.6 Å². The summed E-state index contributed by atoms with van der Waals surface area (Å²) in [5.41, 5.74) is 6.66. The normalized spacial score (nSPS) is 11.2. The standard InChI is InChI=1S/C10H12BrN3O2/c1-6-2-3-7(11)4-8(6)10(15)13-5-9(12)14-16/h2-4,16H,5H2,1H3,(H2,12,14)(H,13,15). The molecule has 86 valence electrons. The number of nitrogens with two attached hydrogens (primary N) is 1. The number of rotatable bonds is 3. The molecule has 0 bridgehead atoms. The molecule has 4 N–H and O–H groups in total. The van der Waals surface area contributed by atoms with E-state index in [4.69, 9.17) is 10.9 Å². The van der Waals surface area contributed by atoms with Gasteiger partial charge in [0.25, 0.3) is 5.91 Å². The summed E-state index contributed by atoms with van der Waals surface area (Å²) in [7, 11) is 0. The molecule has 0 heterocycles. The van der Waals surface area contributed by atoms with Crippen LogP contribution in [0.1, 0.15) is 15.9 Å². The Kier molecular flexibility index (Phi) is 4.30. The highest BCUT2D eigenvalue weighted by atomic mass is 79.9. The van der Waals surface area contributed by atoms with Crippen molar-refractivity contribution in [2.45, 2.75) is 6.92 Å². The quantitative estimate of drug-likeness (QED) is 0.338. The van der Waals surface area contributed by atoms with Crippen LogP contribution in [0.2, 0.25) is 0 Å². The lowest BCUT2D eigenvalue weighted by Gasteiger charge is -2.07. The Bertz CT molecular complexity index is 432. The lowest BCUT2D eigenvalue weighted by molar-refractivity contribution is 0.0958. The van der Waals surface area contributed by atoms with Gasteiger partial charge >= 0.3 is 0 Å². The van der Waals surface area contributed by atoms with Crippen molar-refractivity contribution in [3.8, 4) is 0 Å². The Morgan fingerprint density at radius 3 is 2.94 bits per heavy atom. The molecule has 1 rings (SSSR count). The van der Waals surface area contributed by atoms with Gasteiger partial charge in [0.15, 0.2) is 5.84 Å². The second-order valence-electron chi connectivity index (χ2n) is 3.23. The highest BCUT2D eigenvalue weighted by Crippen LogP contribution is 2.15. The van der Waals surface area contributed by atoms with E-state index in [0.29, 0.717) is 5.56 Å². The molecular formula is C10H12BrN3O2. The number of nitrogens with one attached hydrogen (secondary N) is 1. The van der Waals surface area contributed by atoms with Crippen LogP contribution < -0.4 is 11.1 Å². The van der Waals surface area contributed by atoms with Crippen LogP contribution in [0.15, 0.2) is 27.8 Å². The van der Waals surface area contributed by atoms with Gasteiger partial charge < -0.3 is 16.3 Å². The van der Waals surface area contributed by atoms with E-state index in [9.17, 15) is 4.79 Å². The first kappa shape index (κ1) is 12.5. The first-order valence-electron chi connectivity index (χ1n) is 4.55. The molecule has 5 nitrogen and oxygen atoms in total. The maximum atomic E-state index is 11.7. The lowest BCUT2D eigenvalue weighted by atomic mass is 10.1. The third kappa shape index (κ3) is 3.23. The molecule has 1 amide bonds. The Morgan fingerprint density at radius 2 is 2.31 bits per heavy atom. The van der Waals surface area contributed by atoms with E-state index < -0.39 is 0 Å². The van der Waals surface area contributed by atoms with Crippen LogP contribution in [0.4, 0.5) is 0 Å². The van der Waals surface area contributed by atoms with Crippen LogP contribution in [0.25, 0.3) is 0 Å². The van der Waals surface area contributed by atoms with Crippen molar-refractivity contribution in [3.05, 3.63) is 33.8 Å². The fourth-order valence-electron chi connectivity index (χ4n) is 1.14. The molecule has 0 aromatic heterocycles. The number of hydrogen-bond donors (Lipinski definition) is 3. The third-order valence-corrected chi connectivity index (χ3v) is 2.50. The zero-order valence-electron chi connectivity index (χ0n) is 8.70. The van der Waals surface area contributed by atoms with Crippen LogP contribution in [-0.4, -0.2) is 23.5 Å². The average Bonchev–Trinajstić information content (AvgIpc) is 2.28. The summed E-state index contributed by atoms with van der Waals surface area (Å²) in [6.07, 6.45) is 0. The molecule has 0 saturated heterocycles. The van der Waals surface area contributed by atoms with Gasteiger partial charge in [-0.1, -0.05) is 27.2 Å². The molecule has 0 saturated carbocycles. The van der Waals surface area contributed by atoms with E-state index in [1.54, 1.807) is 6.07 Å². The molecule has 6 heteroatoms. The van der Waals surface area contributed by atoms with Crippen molar-refractivity contribution >= 4 is 27.7 Å². The Morgan fingerprint density at radius 1 is 1.62 bits per heavy atom. The first-order valence-corrected chi connectivity index (χ1v) is 5.34. The van der Waals surface area contributed by atoms with Crippen molar-refractivity contribution in [2.24, 2.45) is 10.9 Å². The first-order chi connectivity index (χ1) is 7.54. The van der Waals surface area contributed by atoms with Gasteiger partial charge in [0.05, 0.1) is 6.54 Å². The van der Waals surface area contributed by atoms with Crippen molar-refractivity contribution < 1.29 is 10.0 Å². The van der Waals surface area contributed by atoms with Gasteiger partial charge in [0.1, 0.15) is 0 Å². The number of carbonyl (C=O) groups is 1. The fraction of sp³-hybridized carbons (Fsp3) is 0.200. The average molecular weight is 286 g/mol. The number of oxime groups is 1. The van der Waals surface area contributed by atoms with E-state index in [-0.39, 0.29) is 18.3 Å². The minimum Gasteiger partial charge on any atom is -0.409 e. The lowest BCUT2D eigenvalue weighted by Crippen LogP contribution is -2.33. The van der Waals surface area contributed by atoms with Crippen LogP contribution in [0.3, 0.4) is 0 Å². The maximum absolute atomic E-state index is 11.7.